The predicted octanol–water partition coefficient (Wildman–Crippen LogP) is 6.51. The van der Waals surface area contributed by atoms with Crippen molar-refractivity contribution in [3.8, 4) is 0 Å². The van der Waals surface area contributed by atoms with E-state index in [0.717, 1.165) is 0 Å². The molecule has 0 atom stereocenters. The maximum atomic E-state index is 3.74. The van der Waals surface area contributed by atoms with Crippen LogP contribution >= 0.6 is 0 Å². The summed E-state index contributed by atoms with van der Waals surface area (Å²) < 4.78 is 0. The molecule has 0 saturated heterocycles. The smallest absolute Gasteiger partial charge is 0.0647 e. The second-order valence-electron chi connectivity index (χ2n) is 8.34. The predicted molar refractivity (Wildman–Crippen MR) is 128 cm³/mol. The molecule has 2 aromatic heterocycles. The molecule has 0 unspecified atom stereocenters. The first-order valence-electron chi connectivity index (χ1n) is 10.5. The number of nitrogens with zero attached hydrogens (tertiary/aromatic N) is 1. The minimum absolute atomic E-state index is 0.112. The lowest BCUT2D eigenvalue weighted by Gasteiger charge is -2.20. The Balaban J connectivity index is 1.76. The van der Waals surface area contributed by atoms with E-state index in [2.05, 4.69) is 116 Å². The average molecular weight is 394 g/mol. The molecule has 3 aromatic carbocycles. The van der Waals surface area contributed by atoms with E-state index in [1.54, 1.807) is 0 Å². The summed E-state index contributed by atoms with van der Waals surface area (Å²) in [5.74, 6) is 0.112. The van der Waals surface area contributed by atoms with Crippen LogP contribution in [0.4, 0.5) is 5.69 Å². The highest BCUT2D eigenvalue weighted by Gasteiger charge is 2.25. The minimum Gasteiger partial charge on any atom is -0.378 e. The van der Waals surface area contributed by atoms with Gasteiger partial charge in [0, 0.05) is 53.0 Å². The highest BCUT2D eigenvalue weighted by molar-refractivity contribution is 5.87. The van der Waals surface area contributed by atoms with Gasteiger partial charge in [-0.1, -0.05) is 48.5 Å². The number of anilines is 1. The van der Waals surface area contributed by atoms with Crippen LogP contribution in [-0.4, -0.2) is 24.1 Å². The quantitative estimate of drug-likeness (QED) is 0.358. The molecule has 3 heteroatoms. The van der Waals surface area contributed by atoms with E-state index in [0.29, 0.717) is 0 Å². The topological polar surface area (TPSA) is 34.8 Å². The third kappa shape index (κ3) is 2.89. The molecule has 150 valence electrons. The van der Waals surface area contributed by atoms with Gasteiger partial charge in [0.15, 0.2) is 0 Å². The summed E-state index contributed by atoms with van der Waals surface area (Å²) in [6.07, 6.45) is 0. The molecule has 0 fully saturated rings. The second kappa shape index (κ2) is 7.10. The van der Waals surface area contributed by atoms with E-state index in [9.17, 15) is 0 Å². The molecule has 2 heterocycles. The maximum Gasteiger partial charge on any atom is 0.0647 e. The van der Waals surface area contributed by atoms with Crippen LogP contribution in [0, 0.1) is 13.8 Å². The Labute approximate surface area is 177 Å². The van der Waals surface area contributed by atoms with Crippen molar-refractivity contribution in [3.05, 3.63) is 101 Å². The van der Waals surface area contributed by atoms with Gasteiger partial charge in [-0.25, -0.2) is 0 Å². The number of aromatic nitrogens is 2. The molecule has 0 spiro atoms. The van der Waals surface area contributed by atoms with Crippen LogP contribution in [-0.2, 0) is 0 Å². The van der Waals surface area contributed by atoms with Gasteiger partial charge in [0.05, 0.1) is 5.92 Å². The van der Waals surface area contributed by atoms with Gasteiger partial charge in [-0.15, -0.1) is 0 Å². The zero-order valence-electron chi connectivity index (χ0n) is 18.0. The van der Waals surface area contributed by atoms with Gasteiger partial charge >= 0.3 is 0 Å². The van der Waals surface area contributed by atoms with Gasteiger partial charge in [0.25, 0.3) is 0 Å². The molecule has 0 aliphatic carbocycles. The molecule has 30 heavy (non-hydrogen) atoms. The number of fused-ring (bicyclic) bond motifs is 2. The largest absolute Gasteiger partial charge is 0.378 e. The molecule has 3 nitrogen and oxygen atoms in total. The molecule has 0 amide bonds. The van der Waals surface area contributed by atoms with Gasteiger partial charge in [0.2, 0.25) is 0 Å². The zero-order chi connectivity index (χ0) is 20.8. The highest BCUT2D eigenvalue weighted by Crippen LogP contribution is 2.39. The summed E-state index contributed by atoms with van der Waals surface area (Å²) >= 11 is 0. The van der Waals surface area contributed by atoms with E-state index >= 15 is 0 Å². The Morgan fingerprint density at radius 2 is 1.10 bits per heavy atom. The first kappa shape index (κ1) is 18.6. The lowest BCUT2D eigenvalue weighted by atomic mass is 9.88. The van der Waals surface area contributed by atoms with Gasteiger partial charge < -0.3 is 14.9 Å². The average Bonchev–Trinajstić information content (AvgIpc) is 3.27. The SMILES string of the molecule is Cc1c(C(c2ccc(N(C)C)cc2)c2[nH]c3ccccc3c2C)[nH]c2ccccc12. The molecular formula is C27H27N3. The van der Waals surface area contributed by atoms with Gasteiger partial charge in [-0.05, 0) is 54.8 Å². The van der Waals surface area contributed by atoms with Crippen molar-refractivity contribution in [3.63, 3.8) is 0 Å². The fraction of sp³-hybridized carbons (Fsp3) is 0.185. The van der Waals surface area contributed by atoms with Crippen molar-refractivity contribution in [2.75, 3.05) is 19.0 Å². The van der Waals surface area contributed by atoms with E-state index in [-0.39, 0.29) is 5.92 Å². The van der Waals surface area contributed by atoms with E-state index in [1.165, 1.54) is 55.6 Å². The third-order valence-corrected chi connectivity index (χ3v) is 6.33. The Kier molecular flexibility index (Phi) is 4.39. The van der Waals surface area contributed by atoms with Crippen LogP contribution in [0.15, 0.2) is 72.8 Å². The molecule has 0 bridgehead atoms. The van der Waals surface area contributed by atoms with Crippen LogP contribution in [0.25, 0.3) is 21.8 Å². The molecule has 0 aliphatic heterocycles. The number of aromatic amines is 2. The molecule has 0 radical (unpaired) electrons. The number of H-pyrrole nitrogens is 2. The molecular weight excluding hydrogens is 366 g/mol. The third-order valence-electron chi connectivity index (χ3n) is 6.33. The summed E-state index contributed by atoms with van der Waals surface area (Å²) in [7, 11) is 4.16. The monoisotopic (exact) mass is 393 g/mol. The maximum absolute atomic E-state index is 3.74. The van der Waals surface area contributed by atoms with Gasteiger partial charge in [-0.3, -0.25) is 0 Å². The highest BCUT2D eigenvalue weighted by atomic mass is 15.1. The number of aryl methyl sites for hydroxylation is 2. The van der Waals surface area contributed by atoms with Crippen LogP contribution in [0.1, 0.15) is 34.0 Å². The lowest BCUT2D eigenvalue weighted by molar-refractivity contribution is 0.886. The van der Waals surface area contributed by atoms with Crippen LogP contribution in [0.5, 0.6) is 0 Å². The number of rotatable bonds is 4. The molecule has 5 aromatic rings. The molecule has 5 rings (SSSR count). The zero-order valence-corrected chi connectivity index (χ0v) is 18.0. The Bertz CT molecular complexity index is 1260. The second-order valence-corrected chi connectivity index (χ2v) is 8.34. The normalized spacial score (nSPS) is 11.6. The molecule has 0 saturated carbocycles. The van der Waals surface area contributed by atoms with Crippen molar-refractivity contribution < 1.29 is 0 Å². The standard InChI is InChI=1S/C27H27N3/c1-17-21-9-5-7-11-23(21)28-26(17)25(19-13-15-20(16-14-19)30(3)4)27-18(2)22-10-6-8-12-24(22)29-27/h5-16,25,28-29H,1-4H3. The summed E-state index contributed by atoms with van der Waals surface area (Å²) in [4.78, 5) is 9.62. The van der Waals surface area contributed by atoms with Crippen LogP contribution < -0.4 is 4.90 Å². The van der Waals surface area contributed by atoms with Crippen molar-refractivity contribution in [1.29, 1.82) is 0 Å². The van der Waals surface area contributed by atoms with Crippen molar-refractivity contribution >= 4 is 27.5 Å². The molecule has 0 aliphatic rings. The number of hydrogen-bond donors (Lipinski definition) is 2. The fourth-order valence-corrected chi connectivity index (χ4v) is 4.63. The van der Waals surface area contributed by atoms with E-state index < -0.39 is 0 Å². The summed E-state index contributed by atoms with van der Waals surface area (Å²) in [5.41, 5.74) is 9.99. The Morgan fingerprint density at radius 3 is 1.53 bits per heavy atom. The van der Waals surface area contributed by atoms with Crippen LogP contribution in [0.2, 0.25) is 0 Å². The van der Waals surface area contributed by atoms with Crippen LogP contribution in [0.3, 0.4) is 0 Å². The first-order valence-corrected chi connectivity index (χ1v) is 10.5. The van der Waals surface area contributed by atoms with Crippen molar-refractivity contribution in [2.45, 2.75) is 19.8 Å². The summed E-state index contributed by atoms with van der Waals surface area (Å²) in [6.45, 7) is 4.46. The first-order chi connectivity index (χ1) is 14.5. The fourth-order valence-electron chi connectivity index (χ4n) is 4.63. The van der Waals surface area contributed by atoms with Gasteiger partial charge in [0.1, 0.15) is 0 Å². The Hall–Kier alpha value is -3.46. The van der Waals surface area contributed by atoms with E-state index in [4.69, 9.17) is 0 Å². The number of para-hydroxylation sites is 2. The van der Waals surface area contributed by atoms with E-state index in [1.807, 2.05) is 0 Å². The summed E-state index contributed by atoms with van der Waals surface area (Å²) in [5, 5.41) is 2.58. The lowest BCUT2D eigenvalue weighted by Crippen LogP contribution is -2.10. The minimum atomic E-state index is 0.112. The van der Waals surface area contributed by atoms with Crippen molar-refractivity contribution in [1.82, 2.24) is 9.97 Å². The molecule has 2 N–H and O–H groups in total. The van der Waals surface area contributed by atoms with Crippen molar-refractivity contribution in [2.24, 2.45) is 0 Å². The number of benzene rings is 3. The Morgan fingerprint density at radius 1 is 0.633 bits per heavy atom. The van der Waals surface area contributed by atoms with Gasteiger partial charge in [-0.2, -0.15) is 0 Å². The number of nitrogens with one attached hydrogen (secondary N) is 2. The number of hydrogen-bond acceptors (Lipinski definition) is 1. The summed E-state index contributed by atoms with van der Waals surface area (Å²) in [6, 6.07) is 26.1.